The van der Waals surface area contributed by atoms with Gasteiger partial charge in [-0.2, -0.15) is 5.10 Å². The number of carbonyl (C=O) groups excluding carboxylic acids is 1. The van der Waals surface area contributed by atoms with Crippen LogP contribution >= 0.6 is 27.5 Å². The van der Waals surface area contributed by atoms with Crippen molar-refractivity contribution in [2.75, 3.05) is 5.43 Å². The number of aliphatic imine (C=N–C) groups is 1. The van der Waals surface area contributed by atoms with Crippen molar-refractivity contribution in [3.8, 4) is 0 Å². The van der Waals surface area contributed by atoms with Gasteiger partial charge < -0.3 is 0 Å². The van der Waals surface area contributed by atoms with E-state index in [2.05, 4.69) is 31.4 Å². The van der Waals surface area contributed by atoms with Crippen molar-refractivity contribution >= 4 is 56.6 Å². The second-order valence-electron chi connectivity index (χ2n) is 4.34. The number of halogens is 2. The van der Waals surface area contributed by atoms with Gasteiger partial charge in [-0.25, -0.2) is 4.99 Å². The van der Waals surface area contributed by atoms with E-state index in [-0.39, 0.29) is 5.78 Å². The average Bonchev–Trinajstić information content (AvgIpc) is 2.78. The summed E-state index contributed by atoms with van der Waals surface area (Å²) in [4.78, 5) is 16.4. The molecule has 0 spiro atoms. The Kier molecular flexibility index (Phi) is 3.86. The third kappa shape index (κ3) is 2.89. The number of hydrogen-bond donors (Lipinski definition) is 1. The Labute approximate surface area is 134 Å². The largest absolute Gasteiger partial charge is 0.287 e. The molecule has 1 aliphatic rings. The summed E-state index contributed by atoms with van der Waals surface area (Å²) in [5.41, 5.74) is 4.98. The molecule has 104 valence electrons. The molecule has 4 nitrogen and oxygen atoms in total. The van der Waals surface area contributed by atoms with E-state index in [0.717, 1.165) is 4.47 Å². The zero-order chi connectivity index (χ0) is 14.8. The Bertz CT molecular complexity index is 786. The van der Waals surface area contributed by atoms with Crippen molar-refractivity contribution in [2.24, 2.45) is 10.1 Å². The lowest BCUT2D eigenvalue weighted by molar-refractivity contribution is 0.107. The molecule has 0 aromatic heterocycles. The van der Waals surface area contributed by atoms with Crippen molar-refractivity contribution in [1.29, 1.82) is 0 Å². The van der Waals surface area contributed by atoms with E-state index < -0.39 is 0 Å². The lowest BCUT2D eigenvalue weighted by Gasteiger charge is -2.01. The van der Waals surface area contributed by atoms with E-state index in [0.29, 0.717) is 27.7 Å². The molecule has 0 bridgehead atoms. The maximum absolute atomic E-state index is 12.2. The average molecular weight is 363 g/mol. The molecule has 0 atom stereocenters. The van der Waals surface area contributed by atoms with E-state index >= 15 is 0 Å². The predicted octanol–water partition coefficient (Wildman–Crippen LogP) is 4.47. The van der Waals surface area contributed by atoms with Crippen molar-refractivity contribution in [2.45, 2.75) is 0 Å². The predicted molar refractivity (Wildman–Crippen MR) is 89.1 cm³/mol. The minimum Gasteiger partial charge on any atom is -0.287 e. The molecule has 0 saturated carbocycles. The number of Topliss-reactive ketones (excluding diaryl/α,β-unsaturated/α-hetero) is 1. The Morgan fingerprint density at radius 2 is 2.05 bits per heavy atom. The van der Waals surface area contributed by atoms with E-state index in [1.54, 1.807) is 24.3 Å². The number of nitrogens with zero attached hydrogens (tertiary/aromatic N) is 2. The van der Waals surface area contributed by atoms with Crippen LogP contribution in [0.2, 0.25) is 5.02 Å². The number of ketones is 1. The summed E-state index contributed by atoms with van der Waals surface area (Å²) in [5.74, 6) is -0.143. The number of fused-ring (bicyclic) bond motifs is 1. The van der Waals surface area contributed by atoms with Gasteiger partial charge in [0.2, 0.25) is 5.78 Å². The third-order valence-corrected chi connectivity index (χ3v) is 3.75. The fourth-order valence-corrected chi connectivity index (χ4v) is 2.45. The van der Waals surface area contributed by atoms with E-state index in [1.807, 2.05) is 18.2 Å². The Morgan fingerprint density at radius 1 is 1.24 bits per heavy atom. The van der Waals surface area contributed by atoms with Gasteiger partial charge >= 0.3 is 0 Å². The number of nitrogens with one attached hydrogen (secondary N) is 1. The van der Waals surface area contributed by atoms with Gasteiger partial charge in [0, 0.05) is 4.47 Å². The second-order valence-corrected chi connectivity index (χ2v) is 5.66. The van der Waals surface area contributed by atoms with Crippen LogP contribution in [0.15, 0.2) is 57.0 Å². The van der Waals surface area contributed by atoms with Crippen LogP contribution in [0, 0.1) is 0 Å². The summed E-state index contributed by atoms with van der Waals surface area (Å²) < 4.78 is 0.845. The Hall–Kier alpha value is -1.98. The number of carbonyl (C=O) groups is 1. The van der Waals surface area contributed by atoms with Crippen LogP contribution in [0.5, 0.6) is 0 Å². The molecule has 2 aromatic rings. The third-order valence-electron chi connectivity index (χ3n) is 2.92. The quantitative estimate of drug-likeness (QED) is 0.647. The maximum atomic E-state index is 12.2. The first-order valence-corrected chi connectivity index (χ1v) is 7.29. The van der Waals surface area contributed by atoms with Crippen LogP contribution in [0.1, 0.15) is 10.4 Å². The second kappa shape index (κ2) is 5.79. The summed E-state index contributed by atoms with van der Waals surface area (Å²) in [6.07, 6.45) is 1.40. The van der Waals surface area contributed by atoms with Gasteiger partial charge in [0.05, 0.1) is 28.2 Å². The molecule has 2 aromatic carbocycles. The fourth-order valence-electron chi connectivity index (χ4n) is 1.91. The molecule has 0 radical (unpaired) electrons. The summed E-state index contributed by atoms with van der Waals surface area (Å²) in [6, 6.07) is 12.6. The van der Waals surface area contributed by atoms with Gasteiger partial charge in [0.1, 0.15) is 5.71 Å². The highest BCUT2D eigenvalue weighted by Crippen LogP contribution is 2.29. The topological polar surface area (TPSA) is 53.8 Å². The molecule has 0 saturated heterocycles. The molecule has 0 amide bonds. The van der Waals surface area contributed by atoms with Crippen molar-refractivity contribution < 1.29 is 4.79 Å². The molecule has 0 fully saturated rings. The SMILES string of the molecule is O=C1C(/C=N\Nc2ccccc2Cl)=Nc2ccc(Br)cc21. The molecule has 1 heterocycles. The van der Waals surface area contributed by atoms with Gasteiger partial charge in [-0.1, -0.05) is 39.7 Å². The lowest BCUT2D eigenvalue weighted by Crippen LogP contribution is -2.11. The van der Waals surface area contributed by atoms with Crippen LogP contribution in [0.3, 0.4) is 0 Å². The first-order valence-electron chi connectivity index (χ1n) is 6.12. The molecule has 1 N–H and O–H groups in total. The van der Waals surface area contributed by atoms with Gasteiger partial charge in [-0.15, -0.1) is 0 Å². The summed E-state index contributed by atoms with van der Waals surface area (Å²) in [6.45, 7) is 0. The van der Waals surface area contributed by atoms with Crippen LogP contribution in [0.4, 0.5) is 11.4 Å². The van der Waals surface area contributed by atoms with Crippen LogP contribution in [-0.2, 0) is 0 Å². The summed E-state index contributed by atoms with van der Waals surface area (Å²) in [7, 11) is 0. The van der Waals surface area contributed by atoms with Crippen molar-refractivity contribution in [3.05, 3.63) is 57.5 Å². The van der Waals surface area contributed by atoms with Crippen molar-refractivity contribution in [1.82, 2.24) is 0 Å². The molecular weight excluding hydrogens is 354 g/mol. The van der Waals surface area contributed by atoms with E-state index in [1.165, 1.54) is 6.21 Å². The van der Waals surface area contributed by atoms with E-state index in [4.69, 9.17) is 11.6 Å². The maximum Gasteiger partial charge on any atom is 0.215 e. The minimum atomic E-state index is -0.143. The monoisotopic (exact) mass is 361 g/mol. The first-order chi connectivity index (χ1) is 10.1. The fraction of sp³-hybridized carbons (Fsp3) is 0. The zero-order valence-electron chi connectivity index (χ0n) is 10.7. The molecule has 1 aliphatic heterocycles. The van der Waals surface area contributed by atoms with Crippen LogP contribution in [-0.4, -0.2) is 17.7 Å². The van der Waals surface area contributed by atoms with Gasteiger partial charge in [-0.3, -0.25) is 10.2 Å². The van der Waals surface area contributed by atoms with Gasteiger partial charge in [0.15, 0.2) is 0 Å². The summed E-state index contributed by atoms with van der Waals surface area (Å²) in [5, 5.41) is 4.57. The lowest BCUT2D eigenvalue weighted by atomic mass is 10.1. The highest BCUT2D eigenvalue weighted by atomic mass is 79.9. The number of rotatable bonds is 3. The number of anilines is 1. The van der Waals surface area contributed by atoms with Gasteiger partial charge in [0.25, 0.3) is 0 Å². The standard InChI is InChI=1S/C15H9BrClN3O/c16-9-5-6-12-10(7-9)15(21)14(19-12)8-18-20-13-4-2-1-3-11(13)17/h1-8,20H/b18-8-. The number of hydrazone groups is 1. The highest BCUT2D eigenvalue weighted by Gasteiger charge is 2.23. The molecule has 6 heteroatoms. The molecular formula is C15H9BrClN3O. The molecule has 0 aliphatic carbocycles. The normalized spacial score (nSPS) is 13.4. The Balaban J connectivity index is 1.77. The smallest absolute Gasteiger partial charge is 0.215 e. The number of para-hydroxylation sites is 1. The van der Waals surface area contributed by atoms with Crippen LogP contribution in [0.25, 0.3) is 0 Å². The van der Waals surface area contributed by atoms with Crippen LogP contribution < -0.4 is 5.43 Å². The number of benzene rings is 2. The molecule has 21 heavy (non-hydrogen) atoms. The summed E-state index contributed by atoms with van der Waals surface area (Å²) >= 11 is 9.34. The first kappa shape index (κ1) is 14.0. The van der Waals surface area contributed by atoms with Crippen molar-refractivity contribution in [3.63, 3.8) is 0 Å². The molecule has 3 rings (SSSR count). The Morgan fingerprint density at radius 3 is 2.86 bits per heavy atom. The number of hydrogen-bond acceptors (Lipinski definition) is 4. The van der Waals surface area contributed by atoms with E-state index in [9.17, 15) is 4.79 Å². The van der Waals surface area contributed by atoms with Gasteiger partial charge in [-0.05, 0) is 30.3 Å². The molecule has 0 unspecified atom stereocenters. The minimum absolute atomic E-state index is 0.143. The zero-order valence-corrected chi connectivity index (χ0v) is 13.0. The highest BCUT2D eigenvalue weighted by molar-refractivity contribution is 9.10.